The smallest absolute Gasteiger partial charge is 0.414 e. The molecule has 1 heterocycles. The number of carbonyl (C=O) groups is 1. The van der Waals surface area contributed by atoms with E-state index in [1.165, 1.54) is 18.4 Å². The van der Waals surface area contributed by atoms with Crippen molar-refractivity contribution in [3.05, 3.63) is 29.8 Å². The van der Waals surface area contributed by atoms with E-state index in [0.717, 1.165) is 24.5 Å². The van der Waals surface area contributed by atoms with Crippen molar-refractivity contribution >= 4 is 23.5 Å². The highest BCUT2D eigenvalue weighted by atomic mass is 32.2. The number of rotatable bonds is 7. The number of cyclic esters (lactones) is 1. The predicted octanol–water partition coefficient (Wildman–Crippen LogP) is 4.02. The normalized spacial score (nSPS) is 26.7. The number of hydrogen-bond acceptors (Lipinski definition) is 5. The van der Waals surface area contributed by atoms with Crippen LogP contribution in [0.4, 0.5) is 10.5 Å². The summed E-state index contributed by atoms with van der Waals surface area (Å²) in [5.74, 6) is 1.38. The number of hydrogen-bond donors (Lipinski definition) is 0. The molecule has 1 saturated heterocycles. The van der Waals surface area contributed by atoms with Gasteiger partial charge in [0, 0.05) is 12.8 Å². The quantitative estimate of drug-likeness (QED) is 0.683. The van der Waals surface area contributed by atoms with Crippen molar-refractivity contribution in [2.75, 3.05) is 37.4 Å². The summed E-state index contributed by atoms with van der Waals surface area (Å²) in [5.41, 5.74) is 2.25. The third kappa shape index (κ3) is 4.68. The summed E-state index contributed by atoms with van der Waals surface area (Å²) in [6.45, 7) is 0.978. The molecule has 2 aliphatic rings. The van der Waals surface area contributed by atoms with E-state index < -0.39 is 0 Å². The molecule has 0 bridgehead atoms. The lowest BCUT2D eigenvalue weighted by atomic mass is 9.82. The van der Waals surface area contributed by atoms with Gasteiger partial charge in [-0.15, -0.1) is 11.8 Å². The second kappa shape index (κ2) is 8.92. The SMILES string of the molecule is COC[C@@H]1CN(c2ccc(C3CCC(OCSC)CC3)cc2)C(=O)O1. The van der Waals surface area contributed by atoms with Crippen LogP contribution in [-0.4, -0.2) is 50.8 Å². The van der Waals surface area contributed by atoms with Gasteiger partial charge in [-0.2, -0.15) is 0 Å². The number of ether oxygens (including phenoxy) is 3. The van der Waals surface area contributed by atoms with Gasteiger partial charge in [0.25, 0.3) is 0 Å². The number of amides is 1. The second-order valence-electron chi connectivity index (χ2n) is 6.71. The molecule has 1 aromatic carbocycles. The van der Waals surface area contributed by atoms with Gasteiger partial charge >= 0.3 is 6.09 Å². The minimum atomic E-state index is -0.291. The maximum Gasteiger partial charge on any atom is 0.414 e. The van der Waals surface area contributed by atoms with Crippen LogP contribution in [0.15, 0.2) is 24.3 Å². The van der Waals surface area contributed by atoms with E-state index in [9.17, 15) is 4.79 Å². The standard InChI is InChI=1S/C19H27NO4S/c1-22-12-18-11-20(19(21)24-18)16-7-3-14(4-8-16)15-5-9-17(10-6-15)23-13-25-2/h3-4,7-8,15,17-18H,5-6,9-13H2,1-2H3/t15?,17?,18-/m0/s1. The molecular weight excluding hydrogens is 338 g/mol. The molecular formula is C19H27NO4S. The largest absolute Gasteiger partial charge is 0.441 e. The highest BCUT2D eigenvalue weighted by Crippen LogP contribution is 2.35. The van der Waals surface area contributed by atoms with Gasteiger partial charge in [0.2, 0.25) is 0 Å². The van der Waals surface area contributed by atoms with Crippen molar-refractivity contribution < 1.29 is 19.0 Å². The van der Waals surface area contributed by atoms with E-state index in [0.29, 0.717) is 25.2 Å². The maximum atomic E-state index is 12.0. The van der Waals surface area contributed by atoms with Gasteiger partial charge in [0.1, 0.15) is 6.10 Å². The van der Waals surface area contributed by atoms with Crippen molar-refractivity contribution in [1.29, 1.82) is 0 Å². The van der Waals surface area contributed by atoms with Gasteiger partial charge in [-0.1, -0.05) is 12.1 Å². The lowest BCUT2D eigenvalue weighted by Crippen LogP contribution is -2.25. The van der Waals surface area contributed by atoms with E-state index >= 15 is 0 Å². The van der Waals surface area contributed by atoms with Crippen molar-refractivity contribution in [3.63, 3.8) is 0 Å². The molecule has 1 atom stereocenters. The minimum absolute atomic E-state index is 0.186. The fourth-order valence-electron chi connectivity index (χ4n) is 3.66. The highest BCUT2D eigenvalue weighted by molar-refractivity contribution is 7.98. The molecule has 25 heavy (non-hydrogen) atoms. The van der Waals surface area contributed by atoms with Crippen LogP contribution in [0.2, 0.25) is 0 Å². The first kappa shape index (κ1) is 18.5. The Morgan fingerprint density at radius 2 is 1.92 bits per heavy atom. The van der Waals surface area contributed by atoms with E-state index in [1.807, 2.05) is 12.1 Å². The lowest BCUT2D eigenvalue weighted by Gasteiger charge is -2.29. The summed E-state index contributed by atoms with van der Waals surface area (Å²) in [6, 6.07) is 8.37. The second-order valence-corrected chi connectivity index (χ2v) is 7.52. The van der Waals surface area contributed by atoms with Crippen LogP contribution < -0.4 is 4.90 Å². The van der Waals surface area contributed by atoms with Crippen LogP contribution in [-0.2, 0) is 14.2 Å². The van der Waals surface area contributed by atoms with Crippen LogP contribution in [0.5, 0.6) is 0 Å². The Bertz CT molecular complexity index is 557. The number of thioether (sulfide) groups is 1. The van der Waals surface area contributed by atoms with Gasteiger partial charge in [-0.25, -0.2) is 4.79 Å². The lowest BCUT2D eigenvalue weighted by molar-refractivity contribution is 0.0556. The summed E-state index contributed by atoms with van der Waals surface area (Å²) in [5, 5.41) is 0. The highest BCUT2D eigenvalue weighted by Gasteiger charge is 2.32. The maximum absolute atomic E-state index is 12.0. The molecule has 1 aliphatic heterocycles. The predicted molar refractivity (Wildman–Crippen MR) is 100 cm³/mol. The molecule has 5 nitrogen and oxygen atoms in total. The minimum Gasteiger partial charge on any atom is -0.441 e. The summed E-state index contributed by atoms with van der Waals surface area (Å²) >= 11 is 1.74. The zero-order valence-electron chi connectivity index (χ0n) is 15.0. The first-order valence-electron chi connectivity index (χ1n) is 8.89. The number of anilines is 1. The van der Waals surface area contributed by atoms with Crippen molar-refractivity contribution in [3.8, 4) is 0 Å². The molecule has 3 rings (SSSR count). The Morgan fingerprint density at radius 3 is 2.56 bits per heavy atom. The molecule has 1 saturated carbocycles. The fourth-order valence-corrected chi connectivity index (χ4v) is 3.99. The molecule has 138 valence electrons. The molecule has 0 N–H and O–H groups in total. The number of carbonyl (C=O) groups excluding carboxylic acids is 1. The Kier molecular flexibility index (Phi) is 6.62. The Hall–Kier alpha value is -1.24. The number of benzene rings is 1. The first-order valence-corrected chi connectivity index (χ1v) is 10.3. The molecule has 0 spiro atoms. The Labute approximate surface area is 154 Å². The van der Waals surface area contributed by atoms with Gasteiger partial charge in [0.15, 0.2) is 0 Å². The number of nitrogens with zero attached hydrogens (tertiary/aromatic N) is 1. The zero-order valence-corrected chi connectivity index (χ0v) is 15.8. The Morgan fingerprint density at radius 1 is 1.20 bits per heavy atom. The van der Waals surface area contributed by atoms with Crippen molar-refractivity contribution in [1.82, 2.24) is 0 Å². The van der Waals surface area contributed by atoms with E-state index in [4.69, 9.17) is 14.2 Å². The van der Waals surface area contributed by atoms with Crippen molar-refractivity contribution in [2.45, 2.75) is 43.8 Å². The summed E-state index contributed by atoms with van der Waals surface area (Å²) < 4.78 is 16.2. The van der Waals surface area contributed by atoms with Crippen LogP contribution in [0.25, 0.3) is 0 Å². The molecule has 1 amide bonds. The molecule has 1 aromatic rings. The van der Waals surface area contributed by atoms with Crippen LogP contribution >= 0.6 is 11.8 Å². The Balaban J connectivity index is 1.55. The number of methoxy groups -OCH3 is 1. The third-order valence-electron chi connectivity index (χ3n) is 5.00. The van der Waals surface area contributed by atoms with Crippen LogP contribution in [0.3, 0.4) is 0 Å². The topological polar surface area (TPSA) is 48.0 Å². The van der Waals surface area contributed by atoms with Gasteiger partial charge in [-0.3, -0.25) is 4.90 Å². The van der Waals surface area contributed by atoms with E-state index in [-0.39, 0.29) is 12.2 Å². The van der Waals surface area contributed by atoms with Gasteiger partial charge in [-0.05, 0) is 55.6 Å². The average molecular weight is 365 g/mol. The molecule has 0 radical (unpaired) electrons. The average Bonchev–Trinajstić information content (AvgIpc) is 3.01. The summed E-state index contributed by atoms with van der Waals surface area (Å²) in [6.07, 6.45) is 6.60. The fraction of sp³-hybridized carbons (Fsp3) is 0.632. The molecule has 2 fully saturated rings. The van der Waals surface area contributed by atoms with Crippen LogP contribution in [0, 0.1) is 0 Å². The van der Waals surface area contributed by atoms with Crippen LogP contribution in [0.1, 0.15) is 37.2 Å². The first-order chi connectivity index (χ1) is 12.2. The van der Waals surface area contributed by atoms with E-state index in [1.54, 1.807) is 23.8 Å². The monoisotopic (exact) mass is 365 g/mol. The third-order valence-corrected chi connectivity index (χ3v) is 5.37. The molecule has 6 heteroatoms. The zero-order chi connectivity index (χ0) is 17.6. The molecule has 0 aromatic heterocycles. The van der Waals surface area contributed by atoms with Gasteiger partial charge < -0.3 is 14.2 Å². The van der Waals surface area contributed by atoms with Crippen molar-refractivity contribution in [2.24, 2.45) is 0 Å². The summed E-state index contributed by atoms with van der Waals surface area (Å²) in [7, 11) is 1.62. The summed E-state index contributed by atoms with van der Waals surface area (Å²) in [4.78, 5) is 13.7. The molecule has 1 aliphatic carbocycles. The molecule has 0 unspecified atom stereocenters. The van der Waals surface area contributed by atoms with E-state index in [2.05, 4.69) is 18.4 Å². The van der Waals surface area contributed by atoms with Gasteiger partial charge in [0.05, 0.1) is 25.2 Å².